The van der Waals surface area contributed by atoms with Crippen LogP contribution in [-0.4, -0.2) is 15.0 Å². The van der Waals surface area contributed by atoms with Crippen molar-refractivity contribution in [1.29, 1.82) is 0 Å². The molecule has 3 rings (SSSR count). The van der Waals surface area contributed by atoms with Crippen LogP contribution >= 0.6 is 0 Å². The van der Waals surface area contributed by atoms with Crippen molar-refractivity contribution >= 4 is 10.0 Å². The van der Waals surface area contributed by atoms with Crippen LogP contribution in [0.25, 0.3) is 11.3 Å². The van der Waals surface area contributed by atoms with Gasteiger partial charge < -0.3 is 4.42 Å². The summed E-state index contributed by atoms with van der Waals surface area (Å²) in [5, 5.41) is 0. The SMILES string of the molecule is O=S(=O)(NCCc1ccccc1)c1ccc(-c2ccco2)cc1. The molecule has 1 heterocycles. The summed E-state index contributed by atoms with van der Waals surface area (Å²) in [7, 11) is -3.50. The Balaban J connectivity index is 1.65. The van der Waals surface area contributed by atoms with Gasteiger partial charge in [0, 0.05) is 12.1 Å². The molecule has 23 heavy (non-hydrogen) atoms. The molecule has 0 saturated carbocycles. The summed E-state index contributed by atoms with van der Waals surface area (Å²) in [6.45, 7) is 0.367. The van der Waals surface area contributed by atoms with Crippen LogP contribution in [0.5, 0.6) is 0 Å². The quantitative estimate of drug-likeness (QED) is 0.754. The predicted molar refractivity (Wildman–Crippen MR) is 89.5 cm³/mol. The lowest BCUT2D eigenvalue weighted by Gasteiger charge is -2.07. The summed E-state index contributed by atoms with van der Waals surface area (Å²) in [6, 6.07) is 20.1. The standard InChI is InChI=1S/C18H17NO3S/c20-23(21,19-13-12-15-5-2-1-3-6-15)17-10-8-16(9-11-17)18-7-4-14-22-18/h1-11,14,19H,12-13H2. The van der Waals surface area contributed by atoms with E-state index in [1.807, 2.05) is 36.4 Å². The number of rotatable bonds is 6. The topological polar surface area (TPSA) is 59.3 Å². The van der Waals surface area contributed by atoms with Gasteiger partial charge in [-0.15, -0.1) is 0 Å². The lowest BCUT2D eigenvalue weighted by Crippen LogP contribution is -2.25. The lowest BCUT2D eigenvalue weighted by atomic mass is 10.2. The molecule has 3 aromatic rings. The fourth-order valence-electron chi connectivity index (χ4n) is 2.30. The molecule has 4 nitrogen and oxygen atoms in total. The highest BCUT2D eigenvalue weighted by Gasteiger charge is 2.13. The minimum Gasteiger partial charge on any atom is -0.464 e. The zero-order valence-corrected chi connectivity index (χ0v) is 13.3. The second kappa shape index (κ2) is 6.81. The molecule has 2 aromatic carbocycles. The van der Waals surface area contributed by atoms with E-state index >= 15 is 0 Å². The Kier molecular flexibility index (Phi) is 4.60. The number of hydrogen-bond acceptors (Lipinski definition) is 3. The Morgan fingerprint density at radius 2 is 1.61 bits per heavy atom. The van der Waals surface area contributed by atoms with Gasteiger partial charge in [-0.3, -0.25) is 0 Å². The third kappa shape index (κ3) is 3.88. The van der Waals surface area contributed by atoms with Crippen molar-refractivity contribution in [3.8, 4) is 11.3 Å². The van der Waals surface area contributed by atoms with Crippen molar-refractivity contribution in [2.75, 3.05) is 6.54 Å². The van der Waals surface area contributed by atoms with Gasteiger partial charge in [0.1, 0.15) is 5.76 Å². The number of nitrogens with one attached hydrogen (secondary N) is 1. The molecule has 0 aliphatic heterocycles. The Labute approximate surface area is 135 Å². The number of hydrogen-bond donors (Lipinski definition) is 1. The molecular formula is C18H17NO3S. The summed E-state index contributed by atoms with van der Waals surface area (Å²) < 4.78 is 32.5. The van der Waals surface area contributed by atoms with Crippen LogP contribution in [0, 0.1) is 0 Å². The van der Waals surface area contributed by atoms with E-state index in [0.29, 0.717) is 18.7 Å². The van der Waals surface area contributed by atoms with Gasteiger partial charge >= 0.3 is 0 Å². The van der Waals surface area contributed by atoms with E-state index in [1.165, 1.54) is 0 Å². The van der Waals surface area contributed by atoms with Gasteiger partial charge in [-0.05, 0) is 48.4 Å². The van der Waals surface area contributed by atoms with E-state index in [9.17, 15) is 8.42 Å². The van der Waals surface area contributed by atoms with Crippen LogP contribution < -0.4 is 4.72 Å². The summed E-state index contributed by atoms with van der Waals surface area (Å²) in [5.41, 5.74) is 1.95. The summed E-state index contributed by atoms with van der Waals surface area (Å²) in [5.74, 6) is 0.714. The Morgan fingerprint density at radius 1 is 0.870 bits per heavy atom. The first kappa shape index (κ1) is 15.5. The molecule has 0 amide bonds. The average molecular weight is 327 g/mol. The summed E-state index contributed by atoms with van der Waals surface area (Å²) >= 11 is 0. The van der Waals surface area contributed by atoms with Crippen LogP contribution in [0.15, 0.2) is 82.3 Å². The summed E-state index contributed by atoms with van der Waals surface area (Å²) in [4.78, 5) is 0.251. The first-order valence-corrected chi connectivity index (χ1v) is 8.81. The lowest BCUT2D eigenvalue weighted by molar-refractivity contribution is 0.579. The molecule has 0 aliphatic carbocycles. The zero-order chi connectivity index (χ0) is 16.1. The molecule has 0 bridgehead atoms. The maximum absolute atomic E-state index is 12.3. The molecule has 0 aliphatic rings. The molecule has 0 unspecified atom stereocenters. The van der Waals surface area contributed by atoms with Crippen molar-refractivity contribution in [2.24, 2.45) is 0 Å². The molecule has 1 N–H and O–H groups in total. The van der Waals surface area contributed by atoms with Gasteiger partial charge in [0.05, 0.1) is 11.2 Å². The molecule has 0 saturated heterocycles. The van der Waals surface area contributed by atoms with E-state index < -0.39 is 10.0 Å². The van der Waals surface area contributed by atoms with Crippen LogP contribution in [0.3, 0.4) is 0 Å². The van der Waals surface area contributed by atoms with Crippen molar-refractivity contribution in [3.05, 3.63) is 78.6 Å². The maximum atomic E-state index is 12.3. The molecular weight excluding hydrogens is 310 g/mol. The van der Waals surface area contributed by atoms with E-state index in [1.54, 1.807) is 36.6 Å². The fourth-order valence-corrected chi connectivity index (χ4v) is 3.33. The van der Waals surface area contributed by atoms with Crippen molar-refractivity contribution in [3.63, 3.8) is 0 Å². The second-order valence-electron chi connectivity index (χ2n) is 5.14. The van der Waals surface area contributed by atoms with Crippen molar-refractivity contribution in [2.45, 2.75) is 11.3 Å². The van der Waals surface area contributed by atoms with E-state index in [4.69, 9.17) is 4.42 Å². The van der Waals surface area contributed by atoms with Crippen LogP contribution in [0.1, 0.15) is 5.56 Å². The molecule has 5 heteroatoms. The average Bonchev–Trinajstić information content (AvgIpc) is 3.10. The highest BCUT2D eigenvalue weighted by Crippen LogP contribution is 2.21. The van der Waals surface area contributed by atoms with Gasteiger partial charge in [-0.1, -0.05) is 30.3 Å². The van der Waals surface area contributed by atoms with Gasteiger partial charge in [-0.2, -0.15) is 0 Å². The van der Waals surface area contributed by atoms with Gasteiger partial charge in [0.2, 0.25) is 10.0 Å². The van der Waals surface area contributed by atoms with E-state index in [0.717, 1.165) is 11.1 Å². The maximum Gasteiger partial charge on any atom is 0.240 e. The molecule has 0 radical (unpaired) electrons. The highest BCUT2D eigenvalue weighted by atomic mass is 32.2. The predicted octanol–water partition coefficient (Wildman–Crippen LogP) is 3.47. The molecule has 0 atom stereocenters. The van der Waals surface area contributed by atoms with Crippen LogP contribution in [-0.2, 0) is 16.4 Å². The molecule has 118 valence electrons. The summed E-state index contributed by atoms with van der Waals surface area (Å²) in [6.07, 6.45) is 2.25. The fraction of sp³-hybridized carbons (Fsp3) is 0.111. The minimum absolute atomic E-state index is 0.251. The Hall–Kier alpha value is -2.37. The Morgan fingerprint density at radius 3 is 2.26 bits per heavy atom. The third-order valence-electron chi connectivity index (χ3n) is 3.52. The van der Waals surface area contributed by atoms with Crippen molar-refractivity contribution < 1.29 is 12.8 Å². The smallest absolute Gasteiger partial charge is 0.240 e. The molecule has 0 fully saturated rings. The largest absolute Gasteiger partial charge is 0.464 e. The number of sulfonamides is 1. The second-order valence-corrected chi connectivity index (χ2v) is 6.90. The first-order valence-electron chi connectivity index (χ1n) is 7.33. The number of benzene rings is 2. The van der Waals surface area contributed by atoms with Gasteiger partial charge in [0.15, 0.2) is 0 Å². The van der Waals surface area contributed by atoms with Gasteiger partial charge in [0.25, 0.3) is 0 Å². The highest BCUT2D eigenvalue weighted by molar-refractivity contribution is 7.89. The van der Waals surface area contributed by atoms with Crippen LogP contribution in [0.4, 0.5) is 0 Å². The monoisotopic (exact) mass is 327 g/mol. The van der Waals surface area contributed by atoms with Crippen LogP contribution in [0.2, 0.25) is 0 Å². The number of furan rings is 1. The first-order chi connectivity index (χ1) is 11.1. The third-order valence-corrected chi connectivity index (χ3v) is 5.00. The molecule has 1 aromatic heterocycles. The zero-order valence-electron chi connectivity index (χ0n) is 12.5. The van der Waals surface area contributed by atoms with Crippen molar-refractivity contribution in [1.82, 2.24) is 4.72 Å². The minimum atomic E-state index is -3.50. The van der Waals surface area contributed by atoms with E-state index in [-0.39, 0.29) is 4.90 Å². The van der Waals surface area contributed by atoms with E-state index in [2.05, 4.69) is 4.72 Å². The molecule has 0 spiro atoms. The Bertz CT molecular complexity index is 839. The van der Waals surface area contributed by atoms with Gasteiger partial charge in [-0.25, -0.2) is 13.1 Å². The normalized spacial score (nSPS) is 11.5.